The highest BCUT2D eigenvalue weighted by Gasteiger charge is 2.61. The van der Waals surface area contributed by atoms with Crippen molar-refractivity contribution in [1.82, 2.24) is 0 Å². The third kappa shape index (κ3) is 1.72. The molecule has 1 spiro atoms. The van der Waals surface area contributed by atoms with Gasteiger partial charge in [-0.25, -0.2) is 8.78 Å². The van der Waals surface area contributed by atoms with E-state index in [-0.39, 0.29) is 18.3 Å². The molecule has 0 aromatic carbocycles. The van der Waals surface area contributed by atoms with Gasteiger partial charge in [0.15, 0.2) is 0 Å². The van der Waals surface area contributed by atoms with Gasteiger partial charge in [0.2, 0.25) is 5.92 Å². The molecule has 2 aliphatic carbocycles. The first kappa shape index (κ1) is 9.42. The fourth-order valence-corrected chi connectivity index (χ4v) is 3.33. The van der Waals surface area contributed by atoms with Gasteiger partial charge in [0.1, 0.15) is 0 Å². The Hall–Kier alpha value is -0.140. The van der Waals surface area contributed by atoms with Crippen molar-refractivity contribution in [2.75, 3.05) is 0 Å². The summed E-state index contributed by atoms with van der Waals surface area (Å²) in [7, 11) is 0. The molecular weight excluding hydrogens is 170 g/mol. The number of halogens is 2. The van der Waals surface area contributed by atoms with Gasteiger partial charge in [0.25, 0.3) is 0 Å². The summed E-state index contributed by atoms with van der Waals surface area (Å²) < 4.78 is 25.3. The molecule has 2 heteroatoms. The Bertz CT molecular complexity index is 192. The molecule has 2 rings (SSSR count). The van der Waals surface area contributed by atoms with Crippen molar-refractivity contribution in [3.05, 3.63) is 0 Å². The quantitative estimate of drug-likeness (QED) is 0.617. The molecular formula is C11H18F2. The summed E-state index contributed by atoms with van der Waals surface area (Å²) >= 11 is 0. The molecule has 0 heterocycles. The van der Waals surface area contributed by atoms with Crippen molar-refractivity contribution < 1.29 is 8.78 Å². The van der Waals surface area contributed by atoms with E-state index in [2.05, 4.69) is 13.8 Å². The van der Waals surface area contributed by atoms with E-state index in [9.17, 15) is 8.78 Å². The SMILES string of the molecule is CC(C)CC1CC2(C1)CC(F)(F)C2. The minimum absolute atomic E-state index is 0.0864. The Morgan fingerprint density at radius 1 is 1.23 bits per heavy atom. The first-order valence-corrected chi connectivity index (χ1v) is 5.29. The summed E-state index contributed by atoms with van der Waals surface area (Å²) in [5, 5.41) is 0. The monoisotopic (exact) mass is 188 g/mol. The van der Waals surface area contributed by atoms with Gasteiger partial charge in [-0.1, -0.05) is 13.8 Å². The molecule has 0 bridgehead atoms. The molecule has 0 radical (unpaired) electrons. The Morgan fingerprint density at radius 3 is 2.15 bits per heavy atom. The van der Waals surface area contributed by atoms with E-state index in [0.29, 0.717) is 0 Å². The molecule has 0 atom stereocenters. The van der Waals surface area contributed by atoms with Crippen molar-refractivity contribution in [2.24, 2.45) is 17.3 Å². The lowest BCUT2D eigenvalue weighted by molar-refractivity contribution is -0.208. The van der Waals surface area contributed by atoms with Crippen LogP contribution in [0.25, 0.3) is 0 Å². The molecule has 0 amide bonds. The van der Waals surface area contributed by atoms with E-state index >= 15 is 0 Å². The predicted octanol–water partition coefficient (Wildman–Crippen LogP) is 3.86. The highest BCUT2D eigenvalue weighted by molar-refractivity contribution is 5.06. The van der Waals surface area contributed by atoms with Gasteiger partial charge in [-0.15, -0.1) is 0 Å². The molecule has 0 N–H and O–H groups in total. The molecule has 13 heavy (non-hydrogen) atoms. The van der Waals surface area contributed by atoms with Gasteiger partial charge < -0.3 is 0 Å². The topological polar surface area (TPSA) is 0 Å². The Morgan fingerprint density at radius 2 is 1.77 bits per heavy atom. The molecule has 0 aromatic heterocycles. The van der Waals surface area contributed by atoms with Crippen LogP contribution >= 0.6 is 0 Å². The second kappa shape index (κ2) is 2.68. The van der Waals surface area contributed by atoms with Crippen LogP contribution in [0.15, 0.2) is 0 Å². The Balaban J connectivity index is 1.74. The maximum atomic E-state index is 12.6. The van der Waals surface area contributed by atoms with Crippen LogP contribution in [0.4, 0.5) is 8.78 Å². The standard InChI is InChI=1S/C11H18F2/c1-8(2)3-9-4-10(5-9)6-11(12,13)7-10/h8-9H,3-7H2,1-2H3. The minimum Gasteiger partial charge on any atom is -0.207 e. The van der Waals surface area contributed by atoms with Gasteiger partial charge in [-0.3, -0.25) is 0 Å². The largest absolute Gasteiger partial charge is 0.249 e. The highest BCUT2D eigenvalue weighted by atomic mass is 19.3. The van der Waals surface area contributed by atoms with Gasteiger partial charge in [-0.05, 0) is 36.5 Å². The van der Waals surface area contributed by atoms with E-state index in [1.165, 1.54) is 6.42 Å². The van der Waals surface area contributed by atoms with Gasteiger partial charge in [-0.2, -0.15) is 0 Å². The Kier molecular flexibility index (Phi) is 1.94. The lowest BCUT2D eigenvalue weighted by atomic mass is 9.49. The van der Waals surface area contributed by atoms with Crippen LogP contribution in [-0.4, -0.2) is 5.92 Å². The van der Waals surface area contributed by atoms with Crippen molar-refractivity contribution in [1.29, 1.82) is 0 Å². The van der Waals surface area contributed by atoms with Crippen molar-refractivity contribution in [3.63, 3.8) is 0 Å². The zero-order valence-corrected chi connectivity index (χ0v) is 8.45. The Labute approximate surface area is 78.7 Å². The zero-order chi connectivity index (χ0) is 9.69. The van der Waals surface area contributed by atoms with Crippen molar-refractivity contribution >= 4 is 0 Å². The molecule has 0 nitrogen and oxygen atoms in total. The molecule has 76 valence electrons. The van der Waals surface area contributed by atoms with E-state index in [4.69, 9.17) is 0 Å². The number of alkyl halides is 2. The van der Waals surface area contributed by atoms with Crippen molar-refractivity contribution in [3.8, 4) is 0 Å². The van der Waals surface area contributed by atoms with Crippen LogP contribution in [0.1, 0.15) is 46.0 Å². The third-order valence-corrected chi connectivity index (χ3v) is 3.52. The van der Waals surface area contributed by atoms with E-state index in [1.807, 2.05) is 0 Å². The fourth-order valence-electron chi connectivity index (χ4n) is 3.33. The smallest absolute Gasteiger partial charge is 0.207 e. The molecule has 0 aromatic rings. The molecule has 2 aliphatic rings. The lowest BCUT2D eigenvalue weighted by Gasteiger charge is -2.57. The van der Waals surface area contributed by atoms with Gasteiger partial charge in [0, 0.05) is 12.8 Å². The summed E-state index contributed by atoms with van der Waals surface area (Å²) in [6.07, 6.45) is 3.72. The number of hydrogen-bond acceptors (Lipinski definition) is 0. The second-order valence-electron chi connectivity index (χ2n) is 5.61. The van der Waals surface area contributed by atoms with E-state index < -0.39 is 5.92 Å². The van der Waals surface area contributed by atoms with E-state index in [0.717, 1.165) is 24.7 Å². The summed E-state index contributed by atoms with van der Waals surface area (Å²) in [5.41, 5.74) is 0.0864. The average Bonchev–Trinajstić information content (AvgIpc) is 1.77. The van der Waals surface area contributed by atoms with Crippen LogP contribution < -0.4 is 0 Å². The second-order valence-corrected chi connectivity index (χ2v) is 5.61. The molecule has 0 saturated heterocycles. The summed E-state index contributed by atoms with van der Waals surface area (Å²) in [6.45, 7) is 4.42. The normalized spacial score (nSPS) is 30.2. The third-order valence-electron chi connectivity index (χ3n) is 3.52. The zero-order valence-electron chi connectivity index (χ0n) is 8.45. The van der Waals surface area contributed by atoms with Crippen LogP contribution in [0.2, 0.25) is 0 Å². The molecule has 0 aliphatic heterocycles. The average molecular weight is 188 g/mol. The maximum absolute atomic E-state index is 12.6. The molecule has 0 unspecified atom stereocenters. The van der Waals surface area contributed by atoms with Gasteiger partial charge >= 0.3 is 0 Å². The van der Waals surface area contributed by atoms with E-state index in [1.54, 1.807) is 0 Å². The first-order chi connectivity index (χ1) is 5.91. The summed E-state index contributed by atoms with van der Waals surface area (Å²) in [6, 6.07) is 0. The number of hydrogen-bond donors (Lipinski definition) is 0. The van der Waals surface area contributed by atoms with Crippen LogP contribution in [0, 0.1) is 17.3 Å². The maximum Gasteiger partial charge on any atom is 0.249 e. The fraction of sp³-hybridized carbons (Fsp3) is 1.00. The first-order valence-electron chi connectivity index (χ1n) is 5.29. The number of rotatable bonds is 2. The van der Waals surface area contributed by atoms with Crippen LogP contribution in [0.3, 0.4) is 0 Å². The van der Waals surface area contributed by atoms with Crippen LogP contribution in [-0.2, 0) is 0 Å². The molecule has 2 fully saturated rings. The highest BCUT2D eigenvalue weighted by Crippen LogP contribution is 2.65. The summed E-state index contributed by atoms with van der Waals surface area (Å²) in [4.78, 5) is 0. The summed E-state index contributed by atoms with van der Waals surface area (Å²) in [5.74, 6) is -0.845. The predicted molar refractivity (Wildman–Crippen MR) is 48.8 cm³/mol. The van der Waals surface area contributed by atoms with Crippen molar-refractivity contribution in [2.45, 2.75) is 51.9 Å². The molecule has 2 saturated carbocycles. The van der Waals surface area contributed by atoms with Gasteiger partial charge in [0.05, 0.1) is 0 Å². The lowest BCUT2D eigenvalue weighted by Crippen LogP contribution is -2.53. The minimum atomic E-state index is -2.32. The van der Waals surface area contributed by atoms with Crippen LogP contribution in [0.5, 0.6) is 0 Å².